The number of methoxy groups -OCH3 is 1. The van der Waals surface area contributed by atoms with Crippen LogP contribution in [0.1, 0.15) is 23.7 Å². The summed E-state index contributed by atoms with van der Waals surface area (Å²) in [5.74, 6) is -0.435. The first kappa shape index (κ1) is 13.7. The molecule has 1 aromatic rings. The van der Waals surface area contributed by atoms with Gasteiger partial charge in [-0.3, -0.25) is 4.79 Å². The highest BCUT2D eigenvalue weighted by molar-refractivity contribution is 7.92. The fourth-order valence-electron chi connectivity index (χ4n) is 1.54. The minimum atomic E-state index is -3.31. The lowest BCUT2D eigenvalue weighted by Gasteiger charge is -2.07. The number of Topliss-reactive ketones (excluding diaryl/α,β-unsaturated/α-hetero) is 1. The molecule has 0 amide bonds. The summed E-state index contributed by atoms with van der Waals surface area (Å²) in [4.78, 5) is 11.9. The lowest BCUT2D eigenvalue weighted by molar-refractivity contribution is 0.101. The van der Waals surface area contributed by atoms with E-state index in [1.807, 2.05) is 0 Å². The minimum Gasteiger partial charge on any atom is -0.496 e. The van der Waals surface area contributed by atoms with Crippen molar-refractivity contribution >= 4 is 15.6 Å². The number of benzene rings is 1. The first-order chi connectivity index (χ1) is 8.00. The highest BCUT2D eigenvalue weighted by atomic mass is 32.2. The molecule has 0 unspecified atom stereocenters. The van der Waals surface area contributed by atoms with Gasteiger partial charge in [0.25, 0.3) is 0 Å². The van der Waals surface area contributed by atoms with Gasteiger partial charge < -0.3 is 4.74 Å². The summed E-state index contributed by atoms with van der Waals surface area (Å²) in [7, 11) is -1.86. The smallest absolute Gasteiger partial charge is 0.181 e. The maximum atomic E-state index is 11.9. The number of ketones is 1. The van der Waals surface area contributed by atoms with Gasteiger partial charge in [-0.25, -0.2) is 8.42 Å². The molecule has 0 atom stereocenters. The molecule has 0 saturated heterocycles. The summed E-state index contributed by atoms with van der Waals surface area (Å²) < 4.78 is 28.1. The van der Waals surface area contributed by atoms with Crippen LogP contribution >= 0.6 is 0 Å². The van der Waals surface area contributed by atoms with Crippen molar-refractivity contribution in [1.82, 2.24) is 0 Å². The Morgan fingerprint density at radius 3 is 2.53 bits per heavy atom. The van der Waals surface area contributed by atoms with E-state index in [1.165, 1.54) is 7.11 Å². The van der Waals surface area contributed by atoms with E-state index >= 15 is 0 Å². The van der Waals surface area contributed by atoms with Crippen LogP contribution in [-0.4, -0.2) is 32.8 Å². The number of hydrogen-bond acceptors (Lipinski definition) is 4. The maximum absolute atomic E-state index is 11.9. The van der Waals surface area contributed by atoms with Crippen LogP contribution in [0.5, 0.6) is 5.75 Å². The molecule has 0 aliphatic heterocycles. The van der Waals surface area contributed by atoms with Gasteiger partial charge in [-0.05, 0) is 18.6 Å². The van der Waals surface area contributed by atoms with Crippen LogP contribution in [0.25, 0.3) is 0 Å². The summed E-state index contributed by atoms with van der Waals surface area (Å²) in [6.45, 7) is 1.77. The fraction of sp³-hybridized carbons (Fsp3) is 0.417. The lowest BCUT2D eigenvalue weighted by atomic mass is 10.1. The van der Waals surface area contributed by atoms with E-state index in [1.54, 1.807) is 31.2 Å². The predicted octanol–water partition coefficient (Wildman–Crippen LogP) is 1.70. The highest BCUT2D eigenvalue weighted by Crippen LogP contribution is 2.18. The van der Waals surface area contributed by atoms with Crippen molar-refractivity contribution in [1.29, 1.82) is 0 Å². The van der Waals surface area contributed by atoms with Crippen LogP contribution in [0.15, 0.2) is 24.3 Å². The molecule has 0 aromatic heterocycles. The number of hydrogen-bond donors (Lipinski definition) is 0. The fourth-order valence-corrected chi connectivity index (χ4v) is 2.86. The van der Waals surface area contributed by atoms with E-state index < -0.39 is 21.4 Å². The van der Waals surface area contributed by atoms with Crippen molar-refractivity contribution in [3.05, 3.63) is 29.8 Å². The molecule has 0 radical (unpaired) electrons. The number of carbonyl (C=O) groups is 1. The normalized spacial score (nSPS) is 11.2. The average Bonchev–Trinajstić information content (AvgIpc) is 2.28. The number of carbonyl (C=O) groups excluding carboxylic acids is 1. The second-order valence-corrected chi connectivity index (χ2v) is 5.90. The second kappa shape index (κ2) is 5.82. The van der Waals surface area contributed by atoms with E-state index in [9.17, 15) is 13.2 Å². The summed E-state index contributed by atoms with van der Waals surface area (Å²) in [5.41, 5.74) is 0.315. The number of ether oxygens (including phenoxy) is 1. The number of rotatable bonds is 6. The Bertz CT molecular complexity index is 491. The monoisotopic (exact) mass is 256 g/mol. The van der Waals surface area contributed by atoms with Gasteiger partial charge in [-0.1, -0.05) is 19.1 Å². The first-order valence-corrected chi connectivity index (χ1v) is 7.19. The Labute approximate surface area is 102 Å². The molecule has 4 nitrogen and oxygen atoms in total. The van der Waals surface area contributed by atoms with Crippen LogP contribution in [-0.2, 0) is 9.84 Å². The van der Waals surface area contributed by atoms with E-state index in [-0.39, 0.29) is 5.75 Å². The van der Waals surface area contributed by atoms with Crippen molar-refractivity contribution in [3.8, 4) is 5.75 Å². The third-order valence-corrected chi connectivity index (χ3v) is 4.01. The zero-order valence-electron chi connectivity index (χ0n) is 9.97. The molecule has 0 fully saturated rings. The van der Waals surface area contributed by atoms with Crippen molar-refractivity contribution in [2.75, 3.05) is 18.6 Å². The number of sulfone groups is 1. The third-order valence-electron chi connectivity index (χ3n) is 2.27. The molecule has 0 spiro atoms. The zero-order chi connectivity index (χ0) is 12.9. The van der Waals surface area contributed by atoms with Gasteiger partial charge in [0.05, 0.1) is 18.4 Å². The Morgan fingerprint density at radius 2 is 1.94 bits per heavy atom. The Hall–Kier alpha value is -1.36. The summed E-state index contributed by atoms with van der Waals surface area (Å²) in [5, 5.41) is 0. The molecule has 94 valence electrons. The summed E-state index contributed by atoms with van der Waals surface area (Å²) in [6.07, 6.45) is 0.515. The van der Waals surface area contributed by atoms with Crippen molar-refractivity contribution in [3.63, 3.8) is 0 Å². The predicted molar refractivity (Wildman–Crippen MR) is 66.3 cm³/mol. The summed E-state index contributed by atoms with van der Waals surface area (Å²) >= 11 is 0. The molecule has 0 aliphatic carbocycles. The molecule has 5 heteroatoms. The van der Waals surface area contributed by atoms with Crippen molar-refractivity contribution in [2.45, 2.75) is 13.3 Å². The highest BCUT2D eigenvalue weighted by Gasteiger charge is 2.19. The van der Waals surface area contributed by atoms with Crippen LogP contribution < -0.4 is 4.74 Å². The van der Waals surface area contributed by atoms with Gasteiger partial charge in [-0.2, -0.15) is 0 Å². The van der Waals surface area contributed by atoms with Gasteiger partial charge in [-0.15, -0.1) is 0 Å². The van der Waals surface area contributed by atoms with Crippen LogP contribution in [0.4, 0.5) is 0 Å². The van der Waals surface area contributed by atoms with E-state index in [0.717, 1.165) is 0 Å². The van der Waals surface area contributed by atoms with Crippen LogP contribution in [0, 0.1) is 0 Å². The molecule has 0 bridgehead atoms. The van der Waals surface area contributed by atoms with Crippen molar-refractivity contribution < 1.29 is 17.9 Å². The Morgan fingerprint density at radius 1 is 1.29 bits per heavy atom. The molecule has 17 heavy (non-hydrogen) atoms. The topological polar surface area (TPSA) is 60.4 Å². The summed E-state index contributed by atoms with van der Waals surface area (Å²) in [6, 6.07) is 6.63. The molecular formula is C12H16O4S. The van der Waals surface area contributed by atoms with Gasteiger partial charge in [0.2, 0.25) is 0 Å². The Balaban J connectivity index is 2.91. The standard InChI is InChI=1S/C12H16O4S/c1-3-8-17(14,15)9-11(13)10-6-4-5-7-12(10)16-2/h4-7H,3,8-9H2,1-2H3. The Kier molecular flexibility index (Phi) is 4.69. The molecule has 0 heterocycles. The molecule has 0 saturated carbocycles. The molecule has 0 N–H and O–H groups in total. The van der Waals surface area contributed by atoms with E-state index in [4.69, 9.17) is 4.74 Å². The van der Waals surface area contributed by atoms with Crippen LogP contribution in [0.3, 0.4) is 0 Å². The SMILES string of the molecule is CCCS(=O)(=O)CC(=O)c1ccccc1OC. The minimum absolute atomic E-state index is 0.0356. The lowest BCUT2D eigenvalue weighted by Crippen LogP contribution is -2.19. The quantitative estimate of drug-likeness (QED) is 0.727. The maximum Gasteiger partial charge on any atom is 0.181 e. The van der Waals surface area contributed by atoms with E-state index in [0.29, 0.717) is 17.7 Å². The van der Waals surface area contributed by atoms with Crippen molar-refractivity contribution in [2.24, 2.45) is 0 Å². The first-order valence-electron chi connectivity index (χ1n) is 5.37. The van der Waals surface area contributed by atoms with Gasteiger partial charge in [0.1, 0.15) is 11.5 Å². The van der Waals surface area contributed by atoms with E-state index in [2.05, 4.69) is 0 Å². The number of para-hydroxylation sites is 1. The van der Waals surface area contributed by atoms with Gasteiger partial charge >= 0.3 is 0 Å². The van der Waals surface area contributed by atoms with Gasteiger partial charge in [0.15, 0.2) is 15.6 Å². The molecule has 1 aromatic carbocycles. The third kappa shape index (κ3) is 3.85. The average molecular weight is 256 g/mol. The van der Waals surface area contributed by atoms with Crippen LogP contribution in [0.2, 0.25) is 0 Å². The zero-order valence-corrected chi connectivity index (χ0v) is 10.8. The second-order valence-electron chi connectivity index (χ2n) is 3.72. The largest absolute Gasteiger partial charge is 0.496 e. The molecule has 1 rings (SSSR count). The molecule has 0 aliphatic rings. The van der Waals surface area contributed by atoms with Gasteiger partial charge in [0, 0.05) is 0 Å². The molecular weight excluding hydrogens is 240 g/mol.